The monoisotopic (exact) mass is 249 g/mol. The van der Waals surface area contributed by atoms with Crippen molar-refractivity contribution in [3.63, 3.8) is 0 Å². The van der Waals surface area contributed by atoms with Crippen molar-refractivity contribution >= 4 is 11.7 Å². The number of esters is 1. The Balaban J connectivity index is 3.20. The highest BCUT2D eigenvalue weighted by Gasteiger charge is 2.21. The predicted octanol–water partition coefficient (Wildman–Crippen LogP) is 2.19. The van der Waals surface area contributed by atoms with Crippen LogP contribution in [0.1, 0.15) is 17.3 Å². The quantitative estimate of drug-likeness (QED) is 0.656. The minimum atomic E-state index is -3.19. The molecule has 7 heteroatoms. The van der Waals surface area contributed by atoms with Gasteiger partial charge in [0, 0.05) is 6.07 Å². The van der Waals surface area contributed by atoms with Gasteiger partial charge in [0.05, 0.1) is 12.3 Å². The number of benzene rings is 1. The molecule has 0 heterocycles. The molecule has 1 rings (SSSR count). The fraction of sp³-hybridized carbons (Fsp3) is 0.300. The molecule has 0 aromatic heterocycles. The topological polar surface area (TPSA) is 61.5 Å². The molecule has 0 saturated heterocycles. The van der Waals surface area contributed by atoms with E-state index in [4.69, 9.17) is 5.73 Å². The van der Waals surface area contributed by atoms with Gasteiger partial charge in [-0.25, -0.2) is 9.18 Å². The molecule has 0 aliphatic carbocycles. The van der Waals surface area contributed by atoms with E-state index in [-0.39, 0.29) is 12.3 Å². The fourth-order valence-corrected chi connectivity index (χ4v) is 1.21. The highest BCUT2D eigenvalue weighted by atomic mass is 19.3. The van der Waals surface area contributed by atoms with Crippen molar-refractivity contribution < 1.29 is 27.4 Å². The second-order valence-electron chi connectivity index (χ2n) is 2.97. The maximum absolute atomic E-state index is 13.0. The van der Waals surface area contributed by atoms with Crippen LogP contribution in [0, 0.1) is 5.82 Å². The van der Waals surface area contributed by atoms with Crippen LogP contribution in [0.15, 0.2) is 12.1 Å². The van der Waals surface area contributed by atoms with Crippen LogP contribution in [0.5, 0.6) is 5.75 Å². The number of halogens is 3. The summed E-state index contributed by atoms with van der Waals surface area (Å²) < 4.78 is 45.7. The first-order valence-electron chi connectivity index (χ1n) is 4.66. The summed E-state index contributed by atoms with van der Waals surface area (Å²) in [5.41, 5.74) is 4.63. The van der Waals surface area contributed by atoms with E-state index < -0.39 is 29.7 Å². The minimum Gasteiger partial charge on any atom is -0.462 e. The number of rotatable bonds is 4. The predicted molar refractivity (Wildman–Crippen MR) is 53.4 cm³/mol. The molecule has 0 fully saturated rings. The van der Waals surface area contributed by atoms with Gasteiger partial charge < -0.3 is 15.2 Å². The molecule has 2 N–H and O–H groups in total. The van der Waals surface area contributed by atoms with Crippen LogP contribution in [0.3, 0.4) is 0 Å². The second-order valence-corrected chi connectivity index (χ2v) is 2.97. The molecule has 0 saturated carbocycles. The first-order chi connectivity index (χ1) is 7.95. The molecular formula is C10H10F3NO3. The van der Waals surface area contributed by atoms with Crippen molar-refractivity contribution in [2.24, 2.45) is 0 Å². The van der Waals surface area contributed by atoms with Crippen LogP contribution in [-0.4, -0.2) is 19.2 Å². The number of ether oxygens (including phenoxy) is 2. The molecule has 0 aliphatic rings. The zero-order valence-corrected chi connectivity index (χ0v) is 8.88. The lowest BCUT2D eigenvalue weighted by Crippen LogP contribution is -2.13. The van der Waals surface area contributed by atoms with Crippen LogP contribution in [0.2, 0.25) is 0 Å². The lowest BCUT2D eigenvalue weighted by atomic mass is 10.1. The summed E-state index contributed by atoms with van der Waals surface area (Å²) in [5.74, 6) is -2.47. The van der Waals surface area contributed by atoms with E-state index in [0.717, 1.165) is 6.07 Å². The number of alkyl halides is 2. The van der Waals surface area contributed by atoms with Crippen molar-refractivity contribution in [1.29, 1.82) is 0 Å². The van der Waals surface area contributed by atoms with E-state index >= 15 is 0 Å². The smallest absolute Gasteiger partial charge is 0.387 e. The van der Waals surface area contributed by atoms with Gasteiger partial charge in [-0.05, 0) is 13.0 Å². The molecule has 0 amide bonds. The number of hydrogen-bond donors (Lipinski definition) is 1. The highest BCUT2D eigenvalue weighted by molar-refractivity contribution is 5.98. The minimum absolute atomic E-state index is 0.0315. The molecule has 0 atom stereocenters. The second kappa shape index (κ2) is 5.42. The van der Waals surface area contributed by atoms with E-state index in [9.17, 15) is 18.0 Å². The van der Waals surface area contributed by atoms with Gasteiger partial charge in [0.15, 0.2) is 0 Å². The standard InChI is InChI=1S/C10H10F3NO3/c1-2-16-9(15)8-6(14)3-5(11)4-7(8)17-10(12)13/h3-4,10H,2,14H2,1H3. The molecule has 94 valence electrons. The Kier molecular flexibility index (Phi) is 4.19. The Morgan fingerprint density at radius 1 is 1.47 bits per heavy atom. The summed E-state index contributed by atoms with van der Waals surface area (Å²) in [5, 5.41) is 0. The summed E-state index contributed by atoms with van der Waals surface area (Å²) in [6.45, 7) is -1.63. The van der Waals surface area contributed by atoms with Gasteiger partial charge in [0.25, 0.3) is 0 Å². The van der Waals surface area contributed by atoms with E-state index in [1.807, 2.05) is 0 Å². The van der Waals surface area contributed by atoms with Crippen molar-refractivity contribution in [2.45, 2.75) is 13.5 Å². The summed E-state index contributed by atoms with van der Waals surface area (Å²) in [7, 11) is 0. The van der Waals surface area contributed by atoms with E-state index in [2.05, 4.69) is 9.47 Å². The average Bonchev–Trinajstić information content (AvgIpc) is 2.15. The molecule has 17 heavy (non-hydrogen) atoms. The summed E-state index contributed by atoms with van der Waals surface area (Å²) in [6, 6.07) is 1.47. The van der Waals surface area contributed by atoms with Crippen LogP contribution in [0.25, 0.3) is 0 Å². The zero-order chi connectivity index (χ0) is 13.0. The van der Waals surface area contributed by atoms with Gasteiger partial charge in [0.1, 0.15) is 17.1 Å². The van der Waals surface area contributed by atoms with Gasteiger partial charge in [-0.15, -0.1) is 0 Å². The van der Waals surface area contributed by atoms with E-state index in [1.54, 1.807) is 0 Å². The Morgan fingerprint density at radius 2 is 2.12 bits per heavy atom. The number of carbonyl (C=O) groups excluding carboxylic acids is 1. The third kappa shape index (κ3) is 3.27. The van der Waals surface area contributed by atoms with E-state index in [1.165, 1.54) is 6.92 Å². The third-order valence-corrected chi connectivity index (χ3v) is 1.79. The Morgan fingerprint density at radius 3 is 2.65 bits per heavy atom. The largest absolute Gasteiger partial charge is 0.462 e. The van der Waals surface area contributed by atoms with Gasteiger partial charge in [-0.2, -0.15) is 8.78 Å². The lowest BCUT2D eigenvalue weighted by Gasteiger charge is -2.12. The SMILES string of the molecule is CCOC(=O)c1c(N)cc(F)cc1OC(F)F. The van der Waals surface area contributed by atoms with Crippen molar-refractivity contribution in [3.05, 3.63) is 23.5 Å². The molecule has 1 aromatic carbocycles. The molecule has 0 unspecified atom stereocenters. The highest BCUT2D eigenvalue weighted by Crippen LogP contribution is 2.28. The molecule has 0 radical (unpaired) electrons. The fourth-order valence-electron chi connectivity index (χ4n) is 1.21. The summed E-state index contributed by atoms with van der Waals surface area (Å²) in [4.78, 5) is 11.4. The van der Waals surface area contributed by atoms with Gasteiger partial charge >= 0.3 is 12.6 Å². The van der Waals surface area contributed by atoms with Gasteiger partial charge in [-0.3, -0.25) is 0 Å². The first-order valence-corrected chi connectivity index (χ1v) is 4.66. The van der Waals surface area contributed by atoms with Crippen molar-refractivity contribution in [2.75, 3.05) is 12.3 Å². The first kappa shape index (κ1) is 13.1. The maximum atomic E-state index is 13.0. The summed E-state index contributed by atoms with van der Waals surface area (Å²) in [6.07, 6.45) is 0. The number of anilines is 1. The molecular weight excluding hydrogens is 239 g/mol. The number of nitrogens with two attached hydrogens (primary N) is 1. The number of hydrogen-bond acceptors (Lipinski definition) is 4. The van der Waals surface area contributed by atoms with Crippen LogP contribution >= 0.6 is 0 Å². The molecule has 1 aromatic rings. The van der Waals surface area contributed by atoms with E-state index in [0.29, 0.717) is 6.07 Å². The average molecular weight is 249 g/mol. The lowest BCUT2D eigenvalue weighted by molar-refractivity contribution is -0.0505. The van der Waals surface area contributed by atoms with Gasteiger partial charge in [0.2, 0.25) is 0 Å². The molecule has 0 aliphatic heterocycles. The van der Waals surface area contributed by atoms with Crippen molar-refractivity contribution in [1.82, 2.24) is 0 Å². The van der Waals surface area contributed by atoms with Crippen LogP contribution in [0.4, 0.5) is 18.9 Å². The molecule has 0 spiro atoms. The molecule has 0 bridgehead atoms. The Labute approximate surface area is 95.1 Å². The van der Waals surface area contributed by atoms with Crippen LogP contribution in [-0.2, 0) is 4.74 Å². The Bertz CT molecular complexity index is 424. The van der Waals surface area contributed by atoms with Gasteiger partial charge in [-0.1, -0.05) is 0 Å². The third-order valence-electron chi connectivity index (χ3n) is 1.79. The van der Waals surface area contributed by atoms with Crippen molar-refractivity contribution in [3.8, 4) is 5.75 Å². The Hall–Kier alpha value is -1.92. The zero-order valence-electron chi connectivity index (χ0n) is 8.88. The molecule has 4 nitrogen and oxygen atoms in total. The normalized spacial score (nSPS) is 10.4. The summed E-state index contributed by atoms with van der Waals surface area (Å²) >= 11 is 0. The number of carbonyl (C=O) groups is 1. The van der Waals surface area contributed by atoms with Crippen LogP contribution < -0.4 is 10.5 Å². The number of nitrogen functional groups attached to an aromatic ring is 1. The maximum Gasteiger partial charge on any atom is 0.387 e.